The lowest BCUT2D eigenvalue weighted by Crippen LogP contribution is -1.88. The smallest absolute Gasteiger partial charge is 0.0992 e. The summed E-state index contributed by atoms with van der Waals surface area (Å²) in [6.07, 6.45) is 3.27. The fourth-order valence-electron chi connectivity index (χ4n) is 2.25. The number of hydrogen-bond acceptors (Lipinski definition) is 1. The van der Waals surface area contributed by atoms with Crippen LogP contribution in [0.5, 0.6) is 0 Å². The highest BCUT2D eigenvalue weighted by Crippen LogP contribution is 2.24. The number of aromatic amines is 1. The van der Waals surface area contributed by atoms with Gasteiger partial charge in [-0.05, 0) is 30.5 Å². The fourth-order valence-corrected chi connectivity index (χ4v) is 2.25. The zero-order chi connectivity index (χ0) is 11.5. The van der Waals surface area contributed by atoms with Crippen LogP contribution in [0.25, 0.3) is 10.9 Å². The van der Waals surface area contributed by atoms with Crippen molar-refractivity contribution in [1.82, 2.24) is 4.98 Å². The van der Waals surface area contributed by atoms with Crippen molar-refractivity contribution in [2.24, 2.45) is 0 Å². The first-order valence-corrected chi connectivity index (χ1v) is 5.83. The van der Waals surface area contributed by atoms with Crippen LogP contribution in [-0.2, 0) is 12.8 Å². The molecule has 0 atom stereocenters. The third kappa shape index (κ3) is 1.69. The number of nitriles is 1. The molecule has 1 N–H and O–H groups in total. The molecule has 0 saturated heterocycles. The molecule has 0 unspecified atom stereocenters. The van der Waals surface area contributed by atoms with Crippen LogP contribution in [0.3, 0.4) is 0 Å². The lowest BCUT2D eigenvalue weighted by Gasteiger charge is -1.99. The van der Waals surface area contributed by atoms with Crippen molar-refractivity contribution >= 4 is 10.9 Å². The topological polar surface area (TPSA) is 39.6 Å². The van der Waals surface area contributed by atoms with Gasteiger partial charge in [0.15, 0.2) is 0 Å². The van der Waals surface area contributed by atoms with Gasteiger partial charge in [-0.2, -0.15) is 5.26 Å². The van der Waals surface area contributed by atoms with Gasteiger partial charge in [0, 0.05) is 16.6 Å². The highest BCUT2D eigenvalue weighted by Gasteiger charge is 2.09. The van der Waals surface area contributed by atoms with Crippen molar-refractivity contribution < 1.29 is 0 Å². The minimum atomic E-state index is 0.722. The van der Waals surface area contributed by atoms with Gasteiger partial charge in [-0.3, -0.25) is 0 Å². The minimum absolute atomic E-state index is 0.722. The van der Waals surface area contributed by atoms with Crippen molar-refractivity contribution in [2.45, 2.75) is 33.1 Å². The molecule has 1 aromatic heterocycles. The Morgan fingerprint density at radius 3 is 2.75 bits per heavy atom. The number of nitrogens with one attached hydrogen (secondary N) is 1. The van der Waals surface area contributed by atoms with Crippen molar-refractivity contribution in [3.05, 3.63) is 35.0 Å². The standard InChI is InChI=1S/C14H16N2/c1-3-5-13-11(4-2)12-7-6-10(9-15)8-14(12)16-13/h6-8,16H,3-5H2,1-2H3. The summed E-state index contributed by atoms with van der Waals surface area (Å²) >= 11 is 0. The molecule has 0 aliphatic carbocycles. The SMILES string of the molecule is CCCc1[nH]c2cc(C#N)ccc2c1CC. The second-order valence-electron chi connectivity index (χ2n) is 4.06. The molecule has 1 heterocycles. The molecule has 16 heavy (non-hydrogen) atoms. The monoisotopic (exact) mass is 212 g/mol. The van der Waals surface area contributed by atoms with Crippen LogP contribution in [0.2, 0.25) is 0 Å². The van der Waals surface area contributed by atoms with Gasteiger partial charge in [0.25, 0.3) is 0 Å². The molecular formula is C14H16N2. The molecule has 0 spiro atoms. The van der Waals surface area contributed by atoms with E-state index in [0.717, 1.165) is 30.3 Å². The van der Waals surface area contributed by atoms with Crippen LogP contribution in [0.4, 0.5) is 0 Å². The number of H-pyrrole nitrogens is 1. The Morgan fingerprint density at radius 2 is 2.12 bits per heavy atom. The summed E-state index contributed by atoms with van der Waals surface area (Å²) in [7, 11) is 0. The predicted molar refractivity (Wildman–Crippen MR) is 66.4 cm³/mol. The van der Waals surface area contributed by atoms with Crippen molar-refractivity contribution in [3.8, 4) is 6.07 Å². The molecule has 1 aromatic carbocycles. The fraction of sp³-hybridized carbons (Fsp3) is 0.357. The van der Waals surface area contributed by atoms with E-state index in [1.165, 1.54) is 16.6 Å². The Bertz CT molecular complexity index is 544. The number of rotatable bonds is 3. The quantitative estimate of drug-likeness (QED) is 0.830. The average molecular weight is 212 g/mol. The molecule has 2 nitrogen and oxygen atoms in total. The summed E-state index contributed by atoms with van der Waals surface area (Å²) in [6.45, 7) is 4.37. The second-order valence-corrected chi connectivity index (χ2v) is 4.06. The molecule has 0 fully saturated rings. The summed E-state index contributed by atoms with van der Waals surface area (Å²) in [6, 6.07) is 8.07. The first kappa shape index (κ1) is 10.8. The lowest BCUT2D eigenvalue weighted by atomic mass is 10.0. The van der Waals surface area contributed by atoms with E-state index in [1.807, 2.05) is 12.1 Å². The molecule has 0 aliphatic rings. The van der Waals surface area contributed by atoms with E-state index in [-0.39, 0.29) is 0 Å². The normalized spacial score (nSPS) is 10.6. The third-order valence-corrected chi connectivity index (χ3v) is 2.98. The van der Waals surface area contributed by atoms with Crippen LogP contribution < -0.4 is 0 Å². The molecule has 0 radical (unpaired) electrons. The van der Waals surface area contributed by atoms with Crippen molar-refractivity contribution in [1.29, 1.82) is 5.26 Å². The summed E-state index contributed by atoms with van der Waals surface area (Å²) in [4.78, 5) is 3.44. The number of aryl methyl sites for hydroxylation is 2. The van der Waals surface area contributed by atoms with Gasteiger partial charge in [-0.1, -0.05) is 26.3 Å². The maximum atomic E-state index is 8.87. The van der Waals surface area contributed by atoms with E-state index in [1.54, 1.807) is 0 Å². The Balaban J connectivity index is 2.62. The molecule has 82 valence electrons. The van der Waals surface area contributed by atoms with Gasteiger partial charge in [0.05, 0.1) is 11.6 Å². The van der Waals surface area contributed by atoms with E-state index in [9.17, 15) is 0 Å². The van der Waals surface area contributed by atoms with Crippen molar-refractivity contribution in [2.75, 3.05) is 0 Å². The van der Waals surface area contributed by atoms with E-state index in [4.69, 9.17) is 5.26 Å². The van der Waals surface area contributed by atoms with Gasteiger partial charge in [-0.15, -0.1) is 0 Å². The van der Waals surface area contributed by atoms with Crippen LogP contribution in [-0.4, -0.2) is 4.98 Å². The van der Waals surface area contributed by atoms with Gasteiger partial charge in [-0.25, -0.2) is 0 Å². The molecule has 2 aromatic rings. The van der Waals surface area contributed by atoms with Gasteiger partial charge in [0.1, 0.15) is 0 Å². The number of fused-ring (bicyclic) bond motifs is 1. The van der Waals surface area contributed by atoms with Gasteiger partial charge >= 0.3 is 0 Å². The molecule has 0 amide bonds. The molecule has 0 aliphatic heterocycles. The van der Waals surface area contributed by atoms with E-state index >= 15 is 0 Å². The number of hydrogen-bond donors (Lipinski definition) is 1. The van der Waals surface area contributed by atoms with E-state index < -0.39 is 0 Å². The van der Waals surface area contributed by atoms with Gasteiger partial charge in [0.2, 0.25) is 0 Å². The second kappa shape index (κ2) is 4.40. The van der Waals surface area contributed by atoms with Gasteiger partial charge < -0.3 is 4.98 Å². The molecular weight excluding hydrogens is 196 g/mol. The maximum Gasteiger partial charge on any atom is 0.0992 e. The first-order chi connectivity index (χ1) is 7.80. The summed E-state index contributed by atoms with van der Waals surface area (Å²) in [5, 5.41) is 10.1. The first-order valence-electron chi connectivity index (χ1n) is 5.83. The largest absolute Gasteiger partial charge is 0.358 e. The van der Waals surface area contributed by atoms with E-state index in [2.05, 4.69) is 31.0 Å². The summed E-state index contributed by atoms with van der Waals surface area (Å²) in [5.74, 6) is 0. The number of nitrogens with zero attached hydrogens (tertiary/aromatic N) is 1. The minimum Gasteiger partial charge on any atom is -0.358 e. The maximum absolute atomic E-state index is 8.87. The summed E-state index contributed by atoms with van der Waals surface area (Å²) in [5.41, 5.74) is 4.55. The lowest BCUT2D eigenvalue weighted by molar-refractivity contribution is 0.877. The van der Waals surface area contributed by atoms with Crippen molar-refractivity contribution in [3.63, 3.8) is 0 Å². The highest BCUT2D eigenvalue weighted by molar-refractivity contribution is 5.85. The zero-order valence-electron chi connectivity index (χ0n) is 9.80. The molecule has 2 heteroatoms. The Labute approximate surface area is 95.9 Å². The Kier molecular flexibility index (Phi) is 2.96. The van der Waals surface area contributed by atoms with Crippen LogP contribution in [0.1, 0.15) is 37.1 Å². The van der Waals surface area contributed by atoms with Crippen LogP contribution in [0.15, 0.2) is 18.2 Å². The summed E-state index contributed by atoms with van der Waals surface area (Å²) < 4.78 is 0. The average Bonchev–Trinajstić information content (AvgIpc) is 2.65. The number of aromatic nitrogens is 1. The van der Waals surface area contributed by atoms with Crippen LogP contribution in [0, 0.1) is 11.3 Å². The van der Waals surface area contributed by atoms with E-state index in [0.29, 0.717) is 0 Å². The molecule has 0 saturated carbocycles. The highest BCUT2D eigenvalue weighted by atomic mass is 14.7. The molecule has 0 bridgehead atoms. The third-order valence-electron chi connectivity index (χ3n) is 2.98. The predicted octanol–water partition coefficient (Wildman–Crippen LogP) is 3.55. The number of benzene rings is 1. The Hall–Kier alpha value is -1.75. The zero-order valence-corrected chi connectivity index (χ0v) is 9.80. The molecule has 2 rings (SSSR count). The Morgan fingerprint density at radius 1 is 1.31 bits per heavy atom. The van der Waals surface area contributed by atoms with Crippen LogP contribution >= 0.6 is 0 Å².